The number of esters is 2. The van der Waals surface area contributed by atoms with Crippen LogP contribution in [0.3, 0.4) is 0 Å². The van der Waals surface area contributed by atoms with Crippen molar-refractivity contribution >= 4 is 52.8 Å². The van der Waals surface area contributed by atoms with Crippen LogP contribution in [0.5, 0.6) is 11.5 Å². The van der Waals surface area contributed by atoms with Crippen molar-refractivity contribution in [1.29, 1.82) is 0 Å². The van der Waals surface area contributed by atoms with Crippen molar-refractivity contribution in [3.05, 3.63) is 113 Å². The van der Waals surface area contributed by atoms with Crippen LogP contribution in [0.4, 0.5) is 16.2 Å². The maximum Gasteiger partial charge on any atom is 0.322 e. The van der Waals surface area contributed by atoms with Gasteiger partial charge in [-0.05, 0) is 105 Å². The first-order chi connectivity index (χ1) is 31.0. The fourth-order valence-electron chi connectivity index (χ4n) is 7.40. The van der Waals surface area contributed by atoms with Crippen molar-refractivity contribution in [2.45, 2.75) is 59.9 Å². The SMILES string of the molecule is CCN(CC)CCNC(=O)c1c(C)[nH]c(/C=C2\C(=O)Nc3ccc(OC(=O)CCCCC(=O)OCCN(Cc4cccc(OC)c4)C(=O)Nc4ccc(-c5cn[nH]c5)cc4)cc32)c1C. The third-order valence-corrected chi connectivity index (χ3v) is 11.0. The van der Waals surface area contributed by atoms with Crippen molar-refractivity contribution in [3.63, 3.8) is 0 Å². The van der Waals surface area contributed by atoms with Crippen molar-refractivity contribution in [3.8, 4) is 22.6 Å². The summed E-state index contributed by atoms with van der Waals surface area (Å²) >= 11 is 0. The number of nitrogens with one attached hydrogen (secondary N) is 5. The van der Waals surface area contributed by atoms with Crippen LogP contribution in [-0.2, 0) is 25.7 Å². The van der Waals surface area contributed by atoms with Crippen LogP contribution >= 0.6 is 0 Å². The molecule has 6 rings (SSSR count). The van der Waals surface area contributed by atoms with E-state index in [0.29, 0.717) is 64.6 Å². The van der Waals surface area contributed by atoms with Gasteiger partial charge in [0.05, 0.1) is 31.0 Å². The number of hydrogen-bond donors (Lipinski definition) is 5. The predicted octanol–water partition coefficient (Wildman–Crippen LogP) is 7.34. The summed E-state index contributed by atoms with van der Waals surface area (Å²) in [6, 6.07) is 19.3. The molecule has 5 aromatic rings. The summed E-state index contributed by atoms with van der Waals surface area (Å²) in [5.41, 5.74) is 7.40. The van der Waals surface area contributed by atoms with Gasteiger partial charge in [-0.25, -0.2) is 4.79 Å². The summed E-state index contributed by atoms with van der Waals surface area (Å²) in [6.45, 7) is 11.3. The summed E-state index contributed by atoms with van der Waals surface area (Å²) < 4.78 is 16.5. The number of urea groups is 1. The quantitative estimate of drug-likeness (QED) is 0.0215. The molecule has 3 heterocycles. The number of aryl methyl sites for hydroxylation is 1. The number of aromatic nitrogens is 3. The number of nitrogens with zero attached hydrogens (tertiary/aromatic N) is 3. The minimum absolute atomic E-state index is 0.0272. The number of aromatic amines is 2. The van der Waals surface area contributed by atoms with E-state index in [4.69, 9.17) is 14.2 Å². The van der Waals surface area contributed by atoms with Crippen LogP contribution in [0, 0.1) is 13.8 Å². The van der Waals surface area contributed by atoms with Crippen LogP contribution in [-0.4, -0.2) is 101 Å². The lowest BCUT2D eigenvalue weighted by Gasteiger charge is -2.23. The first-order valence-electron chi connectivity index (χ1n) is 21.5. The second-order valence-corrected chi connectivity index (χ2v) is 15.3. The number of unbranched alkanes of at least 4 members (excludes halogenated alkanes) is 1. The molecule has 1 aliphatic heterocycles. The Morgan fingerprint density at radius 3 is 2.36 bits per heavy atom. The van der Waals surface area contributed by atoms with Crippen LogP contribution in [0.25, 0.3) is 22.8 Å². The molecule has 0 saturated carbocycles. The van der Waals surface area contributed by atoms with Gasteiger partial charge in [-0.2, -0.15) is 5.10 Å². The Bertz CT molecular complexity index is 2460. The third kappa shape index (κ3) is 12.2. The van der Waals surface area contributed by atoms with Crippen molar-refractivity contribution in [2.75, 3.05) is 57.1 Å². The number of benzene rings is 3. The number of hydrogen-bond acceptors (Lipinski definition) is 10. The topological polar surface area (TPSA) is 200 Å². The van der Waals surface area contributed by atoms with Crippen molar-refractivity contribution in [1.82, 2.24) is 30.3 Å². The monoisotopic (exact) mass is 872 g/mol. The van der Waals surface area contributed by atoms with Crippen LogP contribution in [0.1, 0.15) is 78.0 Å². The van der Waals surface area contributed by atoms with Crippen LogP contribution < -0.4 is 25.4 Å². The number of carbonyl (C=O) groups excluding carboxylic acids is 5. The van der Waals surface area contributed by atoms with Gasteiger partial charge in [-0.1, -0.05) is 38.1 Å². The Kier molecular flexibility index (Phi) is 16.1. The minimum Gasteiger partial charge on any atom is -0.497 e. The Balaban J connectivity index is 0.971. The highest BCUT2D eigenvalue weighted by molar-refractivity contribution is 6.35. The van der Waals surface area contributed by atoms with Crippen molar-refractivity contribution < 1.29 is 38.2 Å². The summed E-state index contributed by atoms with van der Waals surface area (Å²) in [6.07, 6.45) is 6.11. The Morgan fingerprint density at radius 1 is 0.875 bits per heavy atom. The molecule has 0 radical (unpaired) electrons. The van der Waals surface area contributed by atoms with Gasteiger partial charge in [-0.3, -0.25) is 24.3 Å². The lowest BCUT2D eigenvalue weighted by Crippen LogP contribution is -2.37. The average molecular weight is 873 g/mol. The molecule has 0 saturated heterocycles. The number of H-pyrrole nitrogens is 2. The predicted molar refractivity (Wildman–Crippen MR) is 245 cm³/mol. The summed E-state index contributed by atoms with van der Waals surface area (Å²) in [5, 5.41) is 15.6. The number of likely N-dealkylation sites (N-methyl/N-ethyl adjacent to an activating group) is 1. The van der Waals surface area contributed by atoms with Gasteiger partial charge < -0.3 is 44.9 Å². The van der Waals surface area contributed by atoms with Gasteiger partial charge in [0.2, 0.25) is 0 Å². The molecule has 16 heteroatoms. The van der Waals surface area contributed by atoms with Crippen LogP contribution in [0.15, 0.2) is 79.1 Å². The zero-order valence-corrected chi connectivity index (χ0v) is 37.0. The minimum atomic E-state index is -0.487. The molecule has 16 nitrogen and oxygen atoms in total. The molecule has 2 aromatic heterocycles. The number of amides is 4. The third-order valence-electron chi connectivity index (χ3n) is 11.0. The van der Waals surface area contributed by atoms with Gasteiger partial charge in [0, 0.05) is 72.6 Å². The summed E-state index contributed by atoms with van der Waals surface area (Å²) in [7, 11) is 1.57. The van der Waals surface area contributed by atoms with E-state index in [2.05, 4.69) is 49.9 Å². The number of ether oxygens (including phenoxy) is 3. The Morgan fingerprint density at radius 2 is 1.64 bits per heavy atom. The van der Waals surface area contributed by atoms with Crippen LogP contribution in [0.2, 0.25) is 0 Å². The molecule has 4 amide bonds. The fraction of sp³-hybridized carbons (Fsp3) is 0.333. The number of carbonyl (C=O) groups is 5. The average Bonchev–Trinajstić information content (AvgIpc) is 4.01. The second-order valence-electron chi connectivity index (χ2n) is 15.3. The fourth-order valence-corrected chi connectivity index (χ4v) is 7.40. The number of anilines is 2. The van der Waals surface area contributed by atoms with E-state index in [1.54, 1.807) is 60.8 Å². The molecule has 64 heavy (non-hydrogen) atoms. The first kappa shape index (κ1) is 46.3. The second kappa shape index (κ2) is 22.2. The standard InChI is InChI=1S/C48H56N8O8/c1-6-55(7-2)22-21-49-47(60)45-31(3)42(52-32(45)4)27-40-39-26-38(19-20-41(39)54-46(40)59)64-44(58)14-9-8-13-43(57)63-24-23-56(30-33-11-10-12-37(25-33)62-5)48(61)53-36-17-15-34(16-18-36)35-28-50-51-29-35/h10-12,15-20,25-29,52H,6-9,13-14,21-24,30H2,1-5H3,(H,49,60)(H,50,51)(H,53,61)(H,54,59)/b40-27-. The van der Waals surface area contributed by atoms with E-state index in [-0.39, 0.29) is 56.1 Å². The van der Waals surface area contributed by atoms with Crippen molar-refractivity contribution in [2.24, 2.45) is 0 Å². The first-order valence-corrected chi connectivity index (χ1v) is 21.5. The van der Waals surface area contributed by atoms with Gasteiger partial charge in [0.1, 0.15) is 18.1 Å². The van der Waals surface area contributed by atoms with Gasteiger partial charge in [0.15, 0.2) is 0 Å². The molecule has 0 aliphatic carbocycles. The smallest absolute Gasteiger partial charge is 0.322 e. The molecule has 0 unspecified atom stereocenters. The maximum atomic E-state index is 13.5. The van der Waals surface area contributed by atoms with Gasteiger partial charge in [0.25, 0.3) is 11.8 Å². The number of fused-ring (bicyclic) bond motifs is 1. The molecule has 5 N–H and O–H groups in total. The zero-order valence-electron chi connectivity index (χ0n) is 37.0. The number of rotatable bonds is 21. The van der Waals surface area contributed by atoms with E-state index in [1.165, 1.54) is 0 Å². The molecular formula is C48H56N8O8. The molecule has 0 atom stereocenters. The molecule has 336 valence electrons. The van der Waals surface area contributed by atoms with E-state index >= 15 is 0 Å². The highest BCUT2D eigenvalue weighted by Crippen LogP contribution is 2.36. The normalized spacial score (nSPS) is 12.5. The lowest BCUT2D eigenvalue weighted by molar-refractivity contribution is -0.144. The van der Waals surface area contributed by atoms with E-state index in [9.17, 15) is 24.0 Å². The zero-order chi connectivity index (χ0) is 45.6. The van der Waals surface area contributed by atoms with E-state index in [0.717, 1.165) is 41.9 Å². The highest BCUT2D eigenvalue weighted by atomic mass is 16.5. The maximum absolute atomic E-state index is 13.5. The largest absolute Gasteiger partial charge is 0.497 e. The van der Waals surface area contributed by atoms with Gasteiger partial charge >= 0.3 is 18.0 Å². The van der Waals surface area contributed by atoms with E-state index < -0.39 is 11.9 Å². The molecule has 0 bridgehead atoms. The summed E-state index contributed by atoms with van der Waals surface area (Å²) in [5.74, 6) is -0.506. The Hall–Kier alpha value is -7.20. The molecule has 1 aliphatic rings. The molecule has 3 aromatic carbocycles. The van der Waals surface area contributed by atoms with E-state index in [1.807, 2.05) is 50.2 Å². The summed E-state index contributed by atoms with van der Waals surface area (Å²) in [4.78, 5) is 72.3. The number of methoxy groups -OCH3 is 1. The van der Waals surface area contributed by atoms with Gasteiger partial charge in [-0.15, -0.1) is 0 Å². The lowest BCUT2D eigenvalue weighted by atomic mass is 10.0. The molecular weight excluding hydrogens is 817 g/mol. The molecule has 0 fully saturated rings. The highest BCUT2D eigenvalue weighted by Gasteiger charge is 2.27. The molecule has 0 spiro atoms. The Labute approximate surface area is 372 Å².